The summed E-state index contributed by atoms with van der Waals surface area (Å²) in [6.45, 7) is 0. The first-order valence-corrected chi connectivity index (χ1v) is 15.7. The molecule has 46 heavy (non-hydrogen) atoms. The molecule has 0 saturated heterocycles. The van der Waals surface area contributed by atoms with Gasteiger partial charge in [-0.05, 0) is 95.3 Å². The van der Waals surface area contributed by atoms with E-state index in [0.717, 1.165) is 22.6 Å². The van der Waals surface area contributed by atoms with Crippen LogP contribution in [0, 0.1) is 0 Å². The molecule has 1 heterocycles. The van der Waals surface area contributed by atoms with E-state index >= 15 is 0 Å². The molecule has 0 bridgehead atoms. The molecule has 1 aromatic heterocycles. The summed E-state index contributed by atoms with van der Waals surface area (Å²) in [7, 11) is 0. The third-order valence-electron chi connectivity index (χ3n) is 9.65. The van der Waals surface area contributed by atoms with Crippen LogP contribution < -0.4 is 0 Å². The van der Waals surface area contributed by atoms with Crippen molar-refractivity contribution in [2.45, 2.75) is 0 Å². The Morgan fingerprint density at radius 2 is 1.11 bits per heavy atom. The van der Waals surface area contributed by atoms with Gasteiger partial charge in [0.15, 0.2) is 5.82 Å². The Morgan fingerprint density at radius 3 is 2.02 bits per heavy atom. The van der Waals surface area contributed by atoms with E-state index < -0.39 is 0 Å². The predicted molar refractivity (Wildman–Crippen MR) is 193 cm³/mol. The minimum atomic E-state index is 0.741. The predicted octanol–water partition coefficient (Wildman–Crippen LogP) is 11.7. The van der Waals surface area contributed by atoms with E-state index in [1.54, 1.807) is 0 Å². The SMILES string of the molecule is c1ccc(-c2ccc3c(-c4ccnc(-c5ccc6c7c(cc8ccccc8c57)-c5ccc7ccccc7c5-6)n4)cccc3c2)cc1. The molecule has 0 atom stereocenters. The van der Waals surface area contributed by atoms with Crippen LogP contribution in [0.2, 0.25) is 0 Å². The number of nitrogens with zero attached hydrogens (tertiary/aromatic N) is 2. The van der Waals surface area contributed by atoms with Gasteiger partial charge >= 0.3 is 0 Å². The van der Waals surface area contributed by atoms with Crippen LogP contribution in [0.5, 0.6) is 0 Å². The van der Waals surface area contributed by atoms with Gasteiger partial charge in [-0.3, -0.25) is 0 Å². The van der Waals surface area contributed by atoms with Crippen LogP contribution in [0.25, 0.3) is 99.1 Å². The highest BCUT2D eigenvalue weighted by atomic mass is 14.9. The van der Waals surface area contributed by atoms with Gasteiger partial charge in [0.05, 0.1) is 5.69 Å². The van der Waals surface area contributed by atoms with Gasteiger partial charge in [0, 0.05) is 22.7 Å². The van der Waals surface area contributed by atoms with Crippen molar-refractivity contribution in [1.29, 1.82) is 0 Å². The van der Waals surface area contributed by atoms with Crippen LogP contribution in [-0.4, -0.2) is 9.97 Å². The van der Waals surface area contributed by atoms with Crippen molar-refractivity contribution in [2.24, 2.45) is 0 Å². The van der Waals surface area contributed by atoms with Crippen molar-refractivity contribution in [3.63, 3.8) is 0 Å². The third-order valence-corrected chi connectivity index (χ3v) is 9.65. The second-order valence-corrected chi connectivity index (χ2v) is 12.1. The number of hydrogen-bond acceptors (Lipinski definition) is 2. The standard InChI is InChI=1S/C44H26N2/c1-2-9-27(10-3-1)29-18-19-32-30(25-29)13-8-16-35(32)40-23-24-45-44(46-40)38-22-21-37-41-33-14-6-4-11-28(33)17-20-36(41)39-26-31-12-5-7-15-34(31)42(38)43(37)39/h1-26H. The number of aromatic nitrogens is 2. The molecule has 0 aliphatic heterocycles. The fraction of sp³-hybridized carbons (Fsp3) is 0. The van der Waals surface area contributed by atoms with Gasteiger partial charge in [-0.15, -0.1) is 0 Å². The molecule has 0 unspecified atom stereocenters. The maximum Gasteiger partial charge on any atom is 0.160 e. The first-order valence-electron chi connectivity index (χ1n) is 15.7. The van der Waals surface area contributed by atoms with E-state index in [0.29, 0.717) is 0 Å². The Kier molecular flexibility index (Phi) is 5.31. The highest BCUT2D eigenvalue weighted by Gasteiger charge is 2.27. The van der Waals surface area contributed by atoms with Crippen LogP contribution in [0.1, 0.15) is 0 Å². The normalized spacial score (nSPS) is 11.9. The molecule has 0 fully saturated rings. The molecule has 1 aliphatic rings. The summed E-state index contributed by atoms with van der Waals surface area (Å²) in [6, 6.07) is 54.6. The summed E-state index contributed by atoms with van der Waals surface area (Å²) in [4.78, 5) is 10.2. The summed E-state index contributed by atoms with van der Waals surface area (Å²) < 4.78 is 0. The first kappa shape index (κ1) is 25.2. The Bertz CT molecular complexity index is 2690. The smallest absolute Gasteiger partial charge is 0.160 e. The molecule has 0 saturated carbocycles. The Hall–Kier alpha value is -6.12. The summed E-state index contributed by atoms with van der Waals surface area (Å²) in [5, 5.41) is 9.88. The van der Waals surface area contributed by atoms with Crippen LogP contribution in [0.15, 0.2) is 158 Å². The van der Waals surface area contributed by atoms with Crippen LogP contribution in [-0.2, 0) is 0 Å². The van der Waals surface area contributed by atoms with Gasteiger partial charge in [-0.1, -0.05) is 127 Å². The topological polar surface area (TPSA) is 25.8 Å². The van der Waals surface area contributed by atoms with E-state index in [2.05, 4.69) is 146 Å². The van der Waals surface area contributed by atoms with Crippen LogP contribution >= 0.6 is 0 Å². The van der Waals surface area contributed by atoms with Gasteiger partial charge in [-0.25, -0.2) is 9.97 Å². The maximum atomic E-state index is 5.27. The zero-order chi connectivity index (χ0) is 30.2. The molecule has 2 nitrogen and oxygen atoms in total. The molecule has 0 radical (unpaired) electrons. The lowest BCUT2D eigenvalue weighted by atomic mass is 9.92. The average Bonchev–Trinajstić information content (AvgIpc) is 3.46. The second-order valence-electron chi connectivity index (χ2n) is 12.1. The zero-order valence-electron chi connectivity index (χ0n) is 24.9. The maximum absolute atomic E-state index is 5.27. The minimum absolute atomic E-state index is 0.741. The van der Waals surface area contributed by atoms with Gasteiger partial charge in [0.25, 0.3) is 0 Å². The highest BCUT2D eigenvalue weighted by molar-refractivity contribution is 6.29. The molecule has 0 amide bonds. The quantitative estimate of drug-likeness (QED) is 0.194. The van der Waals surface area contributed by atoms with Crippen molar-refractivity contribution >= 4 is 43.1 Å². The summed E-state index contributed by atoms with van der Waals surface area (Å²) in [6.07, 6.45) is 1.91. The number of rotatable bonds is 3. The summed E-state index contributed by atoms with van der Waals surface area (Å²) in [5.41, 5.74) is 10.7. The molecule has 9 aromatic rings. The van der Waals surface area contributed by atoms with Crippen molar-refractivity contribution < 1.29 is 0 Å². The van der Waals surface area contributed by atoms with Crippen LogP contribution in [0.3, 0.4) is 0 Å². The van der Waals surface area contributed by atoms with Gasteiger partial charge in [0.2, 0.25) is 0 Å². The minimum Gasteiger partial charge on any atom is -0.237 e. The van der Waals surface area contributed by atoms with Crippen molar-refractivity contribution in [3.05, 3.63) is 158 Å². The molecular weight excluding hydrogens is 556 g/mol. The van der Waals surface area contributed by atoms with Gasteiger partial charge in [0.1, 0.15) is 0 Å². The van der Waals surface area contributed by atoms with E-state index in [1.165, 1.54) is 76.5 Å². The van der Waals surface area contributed by atoms with Gasteiger partial charge < -0.3 is 0 Å². The van der Waals surface area contributed by atoms with Crippen LogP contribution in [0.4, 0.5) is 0 Å². The largest absolute Gasteiger partial charge is 0.237 e. The van der Waals surface area contributed by atoms with E-state index in [4.69, 9.17) is 9.97 Å². The molecule has 1 aliphatic carbocycles. The molecule has 0 N–H and O–H groups in total. The Morgan fingerprint density at radius 1 is 0.370 bits per heavy atom. The third kappa shape index (κ3) is 3.65. The fourth-order valence-corrected chi connectivity index (χ4v) is 7.59. The molecule has 10 rings (SSSR count). The number of hydrogen-bond donors (Lipinski definition) is 0. The Labute approximate surface area is 266 Å². The number of benzene rings is 8. The van der Waals surface area contributed by atoms with Crippen molar-refractivity contribution in [1.82, 2.24) is 9.97 Å². The average molecular weight is 583 g/mol. The second kappa shape index (κ2) is 9.69. The van der Waals surface area contributed by atoms with E-state index in [1.807, 2.05) is 12.3 Å². The molecule has 2 heteroatoms. The molecule has 212 valence electrons. The van der Waals surface area contributed by atoms with Crippen molar-refractivity contribution in [3.8, 4) is 56.0 Å². The lowest BCUT2D eigenvalue weighted by Crippen LogP contribution is -1.94. The first-order chi connectivity index (χ1) is 22.8. The summed E-state index contributed by atoms with van der Waals surface area (Å²) in [5.74, 6) is 0.741. The lowest BCUT2D eigenvalue weighted by Gasteiger charge is -2.13. The van der Waals surface area contributed by atoms with E-state index in [9.17, 15) is 0 Å². The Balaban J connectivity index is 1.19. The van der Waals surface area contributed by atoms with E-state index in [-0.39, 0.29) is 0 Å². The molecule has 0 spiro atoms. The molecular formula is C44H26N2. The molecule has 8 aromatic carbocycles. The number of fused-ring (bicyclic) bond motifs is 8. The lowest BCUT2D eigenvalue weighted by molar-refractivity contribution is 1.19. The van der Waals surface area contributed by atoms with Crippen molar-refractivity contribution in [2.75, 3.05) is 0 Å². The zero-order valence-corrected chi connectivity index (χ0v) is 24.9. The van der Waals surface area contributed by atoms with Gasteiger partial charge in [-0.2, -0.15) is 0 Å². The highest BCUT2D eigenvalue weighted by Crippen LogP contribution is 2.53. The fourth-order valence-electron chi connectivity index (χ4n) is 7.59. The monoisotopic (exact) mass is 582 g/mol. The summed E-state index contributed by atoms with van der Waals surface area (Å²) >= 11 is 0.